The second kappa shape index (κ2) is 10.5. The molecule has 6 rings (SSSR count). The zero-order valence-electron chi connectivity index (χ0n) is 22.7. The van der Waals surface area contributed by atoms with Gasteiger partial charge in [-0.05, 0) is 50.3 Å². The zero-order valence-corrected chi connectivity index (χ0v) is 22.7. The summed E-state index contributed by atoms with van der Waals surface area (Å²) < 4.78 is 4.63. The summed E-state index contributed by atoms with van der Waals surface area (Å²) in [6.45, 7) is 5.35. The van der Waals surface area contributed by atoms with Crippen molar-refractivity contribution in [1.29, 1.82) is 0 Å². The Morgan fingerprint density at radius 1 is 1.02 bits per heavy atom. The summed E-state index contributed by atoms with van der Waals surface area (Å²) in [5.74, 6) is 6.64. The summed E-state index contributed by atoms with van der Waals surface area (Å²) in [5, 5.41) is 1.91. The van der Waals surface area contributed by atoms with Gasteiger partial charge in [0.05, 0.1) is 24.5 Å². The lowest BCUT2D eigenvalue weighted by atomic mass is 10.1. The third-order valence-corrected chi connectivity index (χ3v) is 7.44. The predicted molar refractivity (Wildman–Crippen MR) is 158 cm³/mol. The van der Waals surface area contributed by atoms with Crippen molar-refractivity contribution in [3.8, 4) is 17.5 Å². The van der Waals surface area contributed by atoms with Crippen molar-refractivity contribution in [1.82, 2.24) is 23.7 Å². The largest absolute Gasteiger partial charge is 0.341 e. The number of piperidine rings is 1. The van der Waals surface area contributed by atoms with Crippen molar-refractivity contribution < 1.29 is 0 Å². The number of benzene rings is 2. The molecular weight excluding hydrogens is 502 g/mol. The summed E-state index contributed by atoms with van der Waals surface area (Å²) in [4.78, 5) is 40.2. The highest BCUT2D eigenvalue weighted by atomic mass is 16.2. The molecule has 5 aromatic rings. The first-order chi connectivity index (χ1) is 19.5. The Morgan fingerprint density at radius 2 is 1.80 bits per heavy atom. The summed E-state index contributed by atoms with van der Waals surface area (Å²) in [7, 11) is 0. The molecule has 0 spiro atoms. The molecule has 9 nitrogen and oxygen atoms in total. The molecule has 4 heterocycles. The molecule has 3 aromatic heterocycles. The van der Waals surface area contributed by atoms with E-state index < -0.39 is 11.2 Å². The number of hydrogen-bond acceptors (Lipinski definition) is 6. The molecule has 1 saturated heterocycles. The summed E-state index contributed by atoms with van der Waals surface area (Å²) in [6, 6.07) is 19.2. The third kappa shape index (κ3) is 4.46. The fourth-order valence-corrected chi connectivity index (χ4v) is 5.60. The highest BCUT2D eigenvalue weighted by molar-refractivity contribution is 5.85. The maximum Gasteiger partial charge on any atom is 0.337 e. The van der Waals surface area contributed by atoms with Crippen LogP contribution in [0.15, 0.2) is 70.3 Å². The van der Waals surface area contributed by atoms with Crippen molar-refractivity contribution in [2.75, 3.05) is 18.0 Å². The molecule has 1 aliphatic rings. The van der Waals surface area contributed by atoms with E-state index in [-0.39, 0.29) is 19.1 Å². The Balaban J connectivity index is 1.66. The number of nitrogens with two attached hydrogens (primary N) is 1. The van der Waals surface area contributed by atoms with Crippen LogP contribution >= 0.6 is 0 Å². The number of aromatic nitrogens is 5. The molecule has 0 bridgehead atoms. The Morgan fingerprint density at radius 3 is 2.58 bits per heavy atom. The van der Waals surface area contributed by atoms with Gasteiger partial charge in [0, 0.05) is 30.2 Å². The van der Waals surface area contributed by atoms with Gasteiger partial charge in [-0.15, -0.1) is 5.92 Å². The topological polar surface area (TPSA) is 104 Å². The van der Waals surface area contributed by atoms with Crippen molar-refractivity contribution in [3.05, 3.63) is 92.9 Å². The van der Waals surface area contributed by atoms with Crippen molar-refractivity contribution in [2.45, 2.75) is 45.8 Å². The fraction of sp³-hybridized carbons (Fsp3) is 0.290. The third-order valence-electron chi connectivity index (χ3n) is 7.44. The molecule has 40 heavy (non-hydrogen) atoms. The normalized spacial score (nSPS) is 15.4. The Labute approximate surface area is 231 Å². The van der Waals surface area contributed by atoms with E-state index in [2.05, 4.69) is 16.7 Å². The Kier molecular flexibility index (Phi) is 6.70. The smallest absolute Gasteiger partial charge is 0.337 e. The van der Waals surface area contributed by atoms with Crippen molar-refractivity contribution in [3.63, 3.8) is 0 Å². The molecule has 0 aliphatic carbocycles. The number of fused-ring (bicyclic) bond motifs is 2. The van der Waals surface area contributed by atoms with E-state index in [9.17, 15) is 9.59 Å². The Bertz CT molecular complexity index is 1910. The van der Waals surface area contributed by atoms with E-state index in [4.69, 9.17) is 15.7 Å². The van der Waals surface area contributed by atoms with Crippen LogP contribution in [0.5, 0.6) is 0 Å². The first kappa shape index (κ1) is 25.6. The van der Waals surface area contributed by atoms with Crippen LogP contribution in [-0.2, 0) is 13.1 Å². The van der Waals surface area contributed by atoms with Gasteiger partial charge < -0.3 is 10.6 Å². The highest BCUT2D eigenvalue weighted by Crippen LogP contribution is 2.25. The molecule has 0 radical (unpaired) electrons. The average molecular weight is 534 g/mol. The van der Waals surface area contributed by atoms with Gasteiger partial charge in [0.15, 0.2) is 11.2 Å². The second-order valence-corrected chi connectivity index (χ2v) is 10.2. The standard InChI is InChI=1S/C31H31N7O2/c1-3-4-17-36-27-28(34-30(36)35-16-10-12-23(32)19-35)38(24-13-6-5-7-14-24)31(40)37(29(27)39)20-26-25-15-9-8-11-22(25)18-21(2)33-26/h5-9,11,13-15,18,23H,10,12,16-17,19-20,32H2,1-2H3/t23-/m1/s1. The zero-order chi connectivity index (χ0) is 27.8. The van der Waals surface area contributed by atoms with Crippen LogP contribution in [0.25, 0.3) is 27.6 Å². The van der Waals surface area contributed by atoms with Crippen LogP contribution < -0.4 is 21.9 Å². The average Bonchev–Trinajstić information content (AvgIpc) is 3.33. The van der Waals surface area contributed by atoms with Gasteiger partial charge in [0.25, 0.3) is 5.56 Å². The van der Waals surface area contributed by atoms with E-state index >= 15 is 0 Å². The minimum atomic E-state index is -0.468. The van der Waals surface area contributed by atoms with Crippen LogP contribution in [0.1, 0.15) is 31.2 Å². The minimum Gasteiger partial charge on any atom is -0.341 e. The van der Waals surface area contributed by atoms with Crippen LogP contribution in [0, 0.1) is 18.8 Å². The lowest BCUT2D eigenvalue weighted by molar-refractivity contribution is 0.496. The molecule has 9 heteroatoms. The summed E-state index contributed by atoms with van der Waals surface area (Å²) in [6.07, 6.45) is 1.86. The van der Waals surface area contributed by atoms with Gasteiger partial charge in [-0.25, -0.2) is 9.36 Å². The molecule has 0 unspecified atom stereocenters. The predicted octanol–water partition coefficient (Wildman–Crippen LogP) is 3.20. The fourth-order valence-electron chi connectivity index (χ4n) is 5.60. The number of rotatable bonds is 5. The first-order valence-corrected chi connectivity index (χ1v) is 13.5. The minimum absolute atomic E-state index is 0.00733. The first-order valence-electron chi connectivity index (χ1n) is 13.5. The van der Waals surface area contributed by atoms with Gasteiger partial charge >= 0.3 is 5.69 Å². The van der Waals surface area contributed by atoms with Crippen LogP contribution in [0.3, 0.4) is 0 Å². The Hall–Kier alpha value is -4.68. The van der Waals surface area contributed by atoms with E-state index in [0.717, 1.165) is 35.9 Å². The molecule has 1 fully saturated rings. The molecule has 0 amide bonds. The lowest BCUT2D eigenvalue weighted by Crippen LogP contribution is -2.44. The second-order valence-electron chi connectivity index (χ2n) is 10.2. The van der Waals surface area contributed by atoms with Crippen molar-refractivity contribution >= 4 is 27.9 Å². The summed E-state index contributed by atoms with van der Waals surface area (Å²) in [5.41, 5.74) is 8.18. The molecular formula is C31H31N7O2. The highest BCUT2D eigenvalue weighted by Gasteiger charge is 2.27. The van der Waals surface area contributed by atoms with Gasteiger partial charge in [0.2, 0.25) is 5.95 Å². The number of aryl methyl sites for hydroxylation is 1. The summed E-state index contributed by atoms with van der Waals surface area (Å²) >= 11 is 0. The van der Waals surface area contributed by atoms with Crippen molar-refractivity contribution in [2.24, 2.45) is 5.73 Å². The van der Waals surface area contributed by atoms with E-state index in [1.54, 1.807) is 6.92 Å². The number of pyridine rings is 1. The van der Waals surface area contributed by atoms with Gasteiger partial charge in [-0.1, -0.05) is 48.4 Å². The number of hydrogen-bond donors (Lipinski definition) is 1. The molecule has 1 aliphatic heterocycles. The molecule has 2 N–H and O–H groups in total. The molecule has 0 saturated carbocycles. The van der Waals surface area contributed by atoms with Crippen LogP contribution in [0.2, 0.25) is 0 Å². The quantitative estimate of drug-likeness (QED) is 0.348. The number of imidazole rings is 1. The number of nitrogens with zero attached hydrogens (tertiary/aromatic N) is 6. The molecule has 1 atom stereocenters. The van der Waals surface area contributed by atoms with E-state index in [0.29, 0.717) is 35.0 Å². The number of anilines is 1. The SMILES string of the molecule is CC#CCn1c(N2CCC[C@@H](N)C2)nc2c1c(=O)n(Cc1nc(C)cc3ccccc13)c(=O)n2-c1ccccc1. The van der Waals surface area contributed by atoms with E-state index in [1.165, 1.54) is 9.13 Å². The maximum atomic E-state index is 14.3. The molecule has 2 aromatic carbocycles. The maximum absolute atomic E-state index is 14.3. The van der Waals surface area contributed by atoms with Gasteiger partial charge in [-0.3, -0.25) is 18.9 Å². The van der Waals surface area contributed by atoms with Crippen LogP contribution in [-0.4, -0.2) is 42.8 Å². The monoisotopic (exact) mass is 533 g/mol. The lowest BCUT2D eigenvalue weighted by Gasteiger charge is -2.31. The molecule has 202 valence electrons. The van der Waals surface area contributed by atoms with Gasteiger partial charge in [0.1, 0.15) is 0 Å². The number of para-hydroxylation sites is 1. The van der Waals surface area contributed by atoms with E-state index in [1.807, 2.05) is 72.2 Å². The van der Waals surface area contributed by atoms with Crippen LogP contribution in [0.4, 0.5) is 5.95 Å². The van der Waals surface area contributed by atoms with Gasteiger partial charge in [-0.2, -0.15) is 4.98 Å².